The van der Waals surface area contributed by atoms with Crippen molar-refractivity contribution in [3.8, 4) is 0 Å². The number of halogens is 2. The van der Waals surface area contributed by atoms with Crippen molar-refractivity contribution in [2.75, 3.05) is 12.3 Å². The summed E-state index contributed by atoms with van der Waals surface area (Å²) in [6.45, 7) is 6.07. The van der Waals surface area contributed by atoms with E-state index in [9.17, 15) is 13.6 Å². The van der Waals surface area contributed by atoms with Gasteiger partial charge in [-0.05, 0) is 44.9 Å². The molecule has 1 N–H and O–H groups in total. The number of nitrogens with zero attached hydrogens (tertiary/aromatic N) is 2. The molecular weight excluding hydrogens is 388 g/mol. The van der Waals surface area contributed by atoms with Crippen molar-refractivity contribution in [3.63, 3.8) is 0 Å². The Balaban J connectivity index is 1.61. The molecule has 0 spiro atoms. The maximum absolute atomic E-state index is 13.6. The SMILES string of the molecule is Cc1nc(SCC(=O)NCCc2c(F)cccc2F)c2c(C)c(C)sc2n1. The molecule has 0 aliphatic heterocycles. The van der Waals surface area contributed by atoms with Crippen molar-refractivity contribution in [1.29, 1.82) is 0 Å². The van der Waals surface area contributed by atoms with Crippen LogP contribution in [0.1, 0.15) is 21.8 Å². The van der Waals surface area contributed by atoms with Gasteiger partial charge in [-0.1, -0.05) is 17.8 Å². The summed E-state index contributed by atoms with van der Waals surface area (Å²) in [5, 5.41) is 4.49. The van der Waals surface area contributed by atoms with E-state index in [0.717, 1.165) is 20.8 Å². The average Bonchev–Trinajstić information content (AvgIpc) is 2.89. The van der Waals surface area contributed by atoms with E-state index in [1.54, 1.807) is 11.3 Å². The smallest absolute Gasteiger partial charge is 0.230 e. The standard InChI is InChI=1S/C19H19F2N3OS2/c1-10-11(2)27-19-17(10)18(23-12(3)24-19)26-9-16(25)22-8-7-13-14(20)5-4-6-15(13)21/h4-6H,7-9H2,1-3H3,(H,22,25). The molecule has 2 heterocycles. The van der Waals surface area contributed by atoms with E-state index in [1.807, 2.05) is 20.8 Å². The Bertz CT molecular complexity index is 984. The highest BCUT2D eigenvalue weighted by atomic mass is 32.2. The van der Waals surface area contributed by atoms with Gasteiger partial charge in [0.25, 0.3) is 0 Å². The Kier molecular flexibility index (Phi) is 6.06. The van der Waals surface area contributed by atoms with Gasteiger partial charge in [-0.2, -0.15) is 0 Å². The number of thioether (sulfide) groups is 1. The number of carbonyl (C=O) groups is 1. The first-order valence-corrected chi connectivity index (χ1v) is 10.2. The van der Waals surface area contributed by atoms with Gasteiger partial charge in [0.15, 0.2) is 0 Å². The first-order chi connectivity index (χ1) is 12.9. The van der Waals surface area contributed by atoms with E-state index < -0.39 is 11.6 Å². The lowest BCUT2D eigenvalue weighted by atomic mass is 10.1. The highest BCUT2D eigenvalue weighted by Gasteiger charge is 2.15. The van der Waals surface area contributed by atoms with Crippen molar-refractivity contribution in [2.45, 2.75) is 32.2 Å². The molecule has 0 radical (unpaired) electrons. The molecule has 8 heteroatoms. The van der Waals surface area contributed by atoms with Crippen LogP contribution in [0.25, 0.3) is 10.2 Å². The number of aryl methyl sites for hydroxylation is 3. The van der Waals surface area contributed by atoms with E-state index in [2.05, 4.69) is 15.3 Å². The van der Waals surface area contributed by atoms with Gasteiger partial charge in [0.1, 0.15) is 27.3 Å². The van der Waals surface area contributed by atoms with Crippen LogP contribution in [0, 0.1) is 32.4 Å². The number of thiophene rings is 1. The molecule has 0 aliphatic carbocycles. The van der Waals surface area contributed by atoms with Gasteiger partial charge in [-0.3, -0.25) is 4.79 Å². The Morgan fingerprint density at radius 3 is 2.59 bits per heavy atom. The van der Waals surface area contributed by atoms with Crippen LogP contribution in [0.3, 0.4) is 0 Å². The first kappa shape index (κ1) is 19.7. The van der Waals surface area contributed by atoms with Gasteiger partial charge in [-0.25, -0.2) is 18.7 Å². The van der Waals surface area contributed by atoms with Crippen molar-refractivity contribution in [2.24, 2.45) is 0 Å². The molecule has 0 fully saturated rings. The molecule has 0 atom stereocenters. The minimum Gasteiger partial charge on any atom is -0.355 e. The topological polar surface area (TPSA) is 54.9 Å². The third-order valence-electron chi connectivity index (χ3n) is 4.21. The number of amides is 1. The molecule has 1 aromatic carbocycles. The molecule has 0 unspecified atom stereocenters. The summed E-state index contributed by atoms with van der Waals surface area (Å²) in [6.07, 6.45) is 0.106. The Morgan fingerprint density at radius 2 is 1.89 bits per heavy atom. The third kappa shape index (κ3) is 4.44. The summed E-state index contributed by atoms with van der Waals surface area (Å²) in [5.74, 6) is -0.548. The molecule has 3 rings (SSSR count). The van der Waals surface area contributed by atoms with Crippen molar-refractivity contribution < 1.29 is 13.6 Å². The van der Waals surface area contributed by atoms with Gasteiger partial charge in [0, 0.05) is 22.4 Å². The maximum atomic E-state index is 13.6. The third-order valence-corrected chi connectivity index (χ3v) is 6.28. The quantitative estimate of drug-likeness (QED) is 0.488. The molecule has 0 aliphatic rings. The molecule has 4 nitrogen and oxygen atoms in total. The normalized spacial score (nSPS) is 11.1. The molecule has 0 saturated carbocycles. The maximum Gasteiger partial charge on any atom is 0.230 e. The van der Waals surface area contributed by atoms with Gasteiger partial charge in [-0.15, -0.1) is 11.3 Å². The largest absolute Gasteiger partial charge is 0.355 e. The lowest BCUT2D eigenvalue weighted by molar-refractivity contribution is -0.118. The predicted octanol–water partition coefficient (Wildman–Crippen LogP) is 4.35. The summed E-state index contributed by atoms with van der Waals surface area (Å²) >= 11 is 2.97. The minimum atomic E-state index is -0.597. The molecule has 0 bridgehead atoms. The number of benzene rings is 1. The molecular formula is C19H19F2N3OS2. The van der Waals surface area contributed by atoms with E-state index in [0.29, 0.717) is 5.82 Å². The second-order valence-electron chi connectivity index (χ2n) is 6.13. The van der Waals surface area contributed by atoms with Crippen LogP contribution in [0.2, 0.25) is 0 Å². The predicted molar refractivity (Wildman–Crippen MR) is 105 cm³/mol. The van der Waals surface area contributed by atoms with Gasteiger partial charge in [0.2, 0.25) is 5.91 Å². The molecule has 142 valence electrons. The number of hydrogen-bond acceptors (Lipinski definition) is 5. The second kappa shape index (κ2) is 8.31. The van der Waals surface area contributed by atoms with Crippen LogP contribution in [0.15, 0.2) is 23.2 Å². The summed E-state index contributed by atoms with van der Waals surface area (Å²) in [5.41, 5.74) is 1.12. The zero-order valence-electron chi connectivity index (χ0n) is 15.2. The van der Waals surface area contributed by atoms with E-state index in [-0.39, 0.29) is 30.2 Å². The van der Waals surface area contributed by atoms with Crippen molar-refractivity contribution in [3.05, 3.63) is 51.7 Å². The average molecular weight is 408 g/mol. The second-order valence-corrected chi connectivity index (χ2v) is 8.30. The number of fused-ring (bicyclic) bond motifs is 1. The summed E-state index contributed by atoms with van der Waals surface area (Å²) in [6, 6.07) is 3.75. The Hall–Kier alpha value is -2.06. The van der Waals surface area contributed by atoms with Crippen LogP contribution in [-0.2, 0) is 11.2 Å². The van der Waals surface area contributed by atoms with Crippen LogP contribution in [0.5, 0.6) is 0 Å². The molecule has 1 amide bonds. The molecule has 0 saturated heterocycles. The van der Waals surface area contributed by atoms with Crippen LogP contribution in [0.4, 0.5) is 8.78 Å². The van der Waals surface area contributed by atoms with Crippen LogP contribution in [-0.4, -0.2) is 28.2 Å². The van der Waals surface area contributed by atoms with E-state index in [4.69, 9.17) is 0 Å². The highest BCUT2D eigenvalue weighted by molar-refractivity contribution is 8.00. The fraction of sp³-hybridized carbons (Fsp3) is 0.316. The van der Waals surface area contributed by atoms with Crippen molar-refractivity contribution >= 4 is 39.2 Å². The number of aromatic nitrogens is 2. The van der Waals surface area contributed by atoms with Gasteiger partial charge >= 0.3 is 0 Å². The highest BCUT2D eigenvalue weighted by Crippen LogP contribution is 2.34. The molecule has 3 aromatic rings. The number of nitrogens with one attached hydrogen (secondary N) is 1. The van der Waals surface area contributed by atoms with Crippen molar-refractivity contribution in [1.82, 2.24) is 15.3 Å². The number of carbonyl (C=O) groups excluding carboxylic acids is 1. The fourth-order valence-corrected chi connectivity index (χ4v) is 4.80. The van der Waals surface area contributed by atoms with Crippen LogP contribution < -0.4 is 5.32 Å². The van der Waals surface area contributed by atoms with Gasteiger partial charge in [0.05, 0.1) is 5.75 Å². The first-order valence-electron chi connectivity index (χ1n) is 8.43. The number of hydrogen-bond donors (Lipinski definition) is 1. The van der Waals surface area contributed by atoms with Crippen LogP contribution >= 0.6 is 23.1 Å². The molecule has 27 heavy (non-hydrogen) atoms. The Labute approximate surface area is 164 Å². The Morgan fingerprint density at radius 1 is 1.19 bits per heavy atom. The summed E-state index contributed by atoms with van der Waals surface area (Å²) < 4.78 is 27.2. The number of rotatable bonds is 6. The summed E-state index contributed by atoms with van der Waals surface area (Å²) in [4.78, 5) is 23.2. The zero-order valence-corrected chi connectivity index (χ0v) is 16.9. The minimum absolute atomic E-state index is 0.0111. The molecule has 2 aromatic heterocycles. The fourth-order valence-electron chi connectivity index (χ4n) is 2.70. The summed E-state index contributed by atoms with van der Waals surface area (Å²) in [7, 11) is 0. The van der Waals surface area contributed by atoms with E-state index in [1.165, 1.54) is 34.8 Å². The lowest BCUT2D eigenvalue weighted by Gasteiger charge is -2.08. The van der Waals surface area contributed by atoms with Gasteiger partial charge < -0.3 is 5.32 Å². The zero-order chi connectivity index (χ0) is 19.6. The monoisotopic (exact) mass is 407 g/mol. The van der Waals surface area contributed by atoms with E-state index >= 15 is 0 Å². The lowest BCUT2D eigenvalue weighted by Crippen LogP contribution is -2.27.